The van der Waals surface area contributed by atoms with E-state index >= 15 is 0 Å². The number of fused-ring (bicyclic) bond motifs is 1. The van der Waals surface area contributed by atoms with Crippen molar-refractivity contribution in [2.75, 3.05) is 25.0 Å². The Morgan fingerprint density at radius 2 is 2.24 bits per heavy atom. The van der Waals surface area contributed by atoms with E-state index in [0.29, 0.717) is 33.1 Å². The zero-order chi connectivity index (χ0) is 23.3. The van der Waals surface area contributed by atoms with Crippen LogP contribution >= 0.6 is 22.9 Å². The maximum absolute atomic E-state index is 13.1. The van der Waals surface area contributed by atoms with Crippen LogP contribution in [0.5, 0.6) is 0 Å². The number of aromatic nitrogens is 3. The minimum Gasteiger partial charge on any atom is -0.443 e. The number of thiophene rings is 1. The first-order chi connectivity index (χ1) is 16.5. The second kappa shape index (κ2) is 8.37. The molecule has 0 atom stereocenters. The standard InChI is InChI=1S/C25H24ClN5O2S/c1-2-8-30-9-7-25(14-30)11-17(12-25)31-19-4-3-16(26)10-18(19)28-24(31)29-23(32)22-6-5-21(34-22)20-13-27-15-33-20/h2-6,10,13,15,17H,1,7-9,11-12,14H2,(H,28,29,32). The summed E-state index contributed by atoms with van der Waals surface area (Å²) in [6, 6.07) is 9.69. The molecule has 4 heterocycles. The van der Waals surface area contributed by atoms with Gasteiger partial charge < -0.3 is 8.98 Å². The lowest BCUT2D eigenvalue weighted by molar-refractivity contribution is 0.0751. The number of amides is 1. The predicted octanol–water partition coefficient (Wildman–Crippen LogP) is 5.87. The average molecular weight is 494 g/mol. The Kier molecular flexibility index (Phi) is 5.32. The second-order valence-electron chi connectivity index (χ2n) is 9.26. The highest BCUT2D eigenvalue weighted by Crippen LogP contribution is 2.55. The number of nitrogens with one attached hydrogen (secondary N) is 1. The number of oxazole rings is 1. The molecule has 1 amide bonds. The van der Waals surface area contributed by atoms with Gasteiger partial charge in [-0.15, -0.1) is 17.9 Å². The Bertz CT molecular complexity index is 1370. The highest BCUT2D eigenvalue weighted by molar-refractivity contribution is 7.17. The van der Waals surface area contributed by atoms with Crippen LogP contribution in [-0.2, 0) is 0 Å². The molecule has 1 aromatic carbocycles. The van der Waals surface area contributed by atoms with Gasteiger partial charge in [0.2, 0.25) is 5.95 Å². The molecule has 1 saturated carbocycles. The molecule has 4 aromatic rings. The van der Waals surface area contributed by atoms with Gasteiger partial charge in [-0.2, -0.15) is 0 Å². The smallest absolute Gasteiger partial charge is 0.268 e. The quantitative estimate of drug-likeness (QED) is 0.340. The van der Waals surface area contributed by atoms with Crippen LogP contribution in [0.3, 0.4) is 0 Å². The van der Waals surface area contributed by atoms with E-state index in [4.69, 9.17) is 21.0 Å². The summed E-state index contributed by atoms with van der Waals surface area (Å²) in [6.45, 7) is 7.05. The van der Waals surface area contributed by atoms with Crippen molar-refractivity contribution in [1.29, 1.82) is 0 Å². The predicted molar refractivity (Wildman–Crippen MR) is 134 cm³/mol. The molecule has 2 aliphatic rings. The minimum atomic E-state index is -0.189. The van der Waals surface area contributed by atoms with Crippen molar-refractivity contribution in [3.05, 3.63) is 65.5 Å². The monoisotopic (exact) mass is 493 g/mol. The largest absolute Gasteiger partial charge is 0.443 e. The van der Waals surface area contributed by atoms with Gasteiger partial charge in [-0.1, -0.05) is 17.7 Å². The molecule has 0 bridgehead atoms. The van der Waals surface area contributed by atoms with E-state index in [1.54, 1.807) is 12.3 Å². The van der Waals surface area contributed by atoms with Crippen LogP contribution in [0.2, 0.25) is 5.02 Å². The number of likely N-dealkylation sites (tertiary alicyclic amines) is 1. The summed E-state index contributed by atoms with van der Waals surface area (Å²) in [7, 11) is 0. The van der Waals surface area contributed by atoms with Crippen LogP contribution in [0.4, 0.5) is 5.95 Å². The fourth-order valence-corrected chi connectivity index (χ4v) is 6.47. The van der Waals surface area contributed by atoms with Gasteiger partial charge in [0.1, 0.15) is 0 Å². The van der Waals surface area contributed by atoms with Crippen LogP contribution in [-0.4, -0.2) is 45.0 Å². The third-order valence-corrected chi connectivity index (χ3v) is 8.32. The zero-order valence-corrected chi connectivity index (χ0v) is 20.1. The summed E-state index contributed by atoms with van der Waals surface area (Å²) < 4.78 is 7.54. The van der Waals surface area contributed by atoms with Gasteiger partial charge in [-0.3, -0.25) is 15.0 Å². The van der Waals surface area contributed by atoms with Gasteiger partial charge in [-0.05, 0) is 61.6 Å². The Labute approximate surface area is 206 Å². The van der Waals surface area contributed by atoms with Crippen LogP contribution in [0.15, 0.2) is 60.0 Å². The number of benzene rings is 1. The van der Waals surface area contributed by atoms with E-state index in [1.165, 1.54) is 24.2 Å². The SMILES string of the molecule is C=CCN1CCC2(CC(n3c(NC(=O)c4ccc(-c5cnco5)s4)nc4cc(Cl)ccc43)C2)C1. The molecule has 3 aromatic heterocycles. The van der Waals surface area contributed by atoms with E-state index in [9.17, 15) is 4.79 Å². The van der Waals surface area contributed by atoms with E-state index in [0.717, 1.165) is 48.4 Å². The molecule has 1 saturated heterocycles. The van der Waals surface area contributed by atoms with Crippen LogP contribution in [0.25, 0.3) is 21.7 Å². The lowest BCUT2D eigenvalue weighted by Gasteiger charge is -2.46. The van der Waals surface area contributed by atoms with Crippen molar-refractivity contribution in [1.82, 2.24) is 19.4 Å². The number of anilines is 1. The summed E-state index contributed by atoms with van der Waals surface area (Å²) in [5.74, 6) is 1.02. The first kappa shape index (κ1) is 21.6. The molecule has 0 radical (unpaired) electrons. The molecule has 9 heteroatoms. The van der Waals surface area contributed by atoms with Crippen molar-refractivity contribution < 1.29 is 9.21 Å². The highest BCUT2D eigenvalue weighted by Gasteiger charge is 2.49. The topological polar surface area (TPSA) is 76.2 Å². The summed E-state index contributed by atoms with van der Waals surface area (Å²) in [4.78, 5) is 25.8. The maximum Gasteiger partial charge on any atom is 0.268 e. The molecule has 1 aliphatic carbocycles. The number of carbonyl (C=O) groups excluding carboxylic acids is 1. The van der Waals surface area contributed by atoms with Gasteiger partial charge in [0.15, 0.2) is 12.2 Å². The van der Waals surface area contributed by atoms with Gasteiger partial charge in [0, 0.05) is 24.2 Å². The molecular weight excluding hydrogens is 470 g/mol. The number of hydrogen-bond donors (Lipinski definition) is 1. The first-order valence-electron chi connectivity index (χ1n) is 11.3. The number of nitrogens with zero attached hydrogens (tertiary/aromatic N) is 4. The van der Waals surface area contributed by atoms with Crippen molar-refractivity contribution >= 4 is 45.8 Å². The molecule has 6 rings (SSSR count). The molecule has 174 valence electrons. The van der Waals surface area contributed by atoms with Crippen molar-refractivity contribution in [2.24, 2.45) is 5.41 Å². The van der Waals surface area contributed by atoms with E-state index in [-0.39, 0.29) is 5.91 Å². The van der Waals surface area contributed by atoms with Gasteiger partial charge >= 0.3 is 0 Å². The van der Waals surface area contributed by atoms with Crippen molar-refractivity contribution in [3.8, 4) is 10.6 Å². The van der Waals surface area contributed by atoms with Crippen molar-refractivity contribution in [2.45, 2.75) is 25.3 Å². The number of rotatable bonds is 6. The fraction of sp³-hybridized carbons (Fsp3) is 0.320. The first-order valence-corrected chi connectivity index (χ1v) is 12.5. The fourth-order valence-electron chi connectivity index (χ4n) is 5.44. The maximum atomic E-state index is 13.1. The average Bonchev–Trinajstić information content (AvgIpc) is 3.57. The number of carbonyl (C=O) groups is 1. The normalized spacial score (nSPS) is 22.3. The third-order valence-electron chi connectivity index (χ3n) is 6.99. The van der Waals surface area contributed by atoms with E-state index in [2.05, 4.69) is 26.3 Å². The molecule has 2 fully saturated rings. The van der Waals surface area contributed by atoms with Gasteiger partial charge in [0.25, 0.3) is 5.91 Å². The van der Waals surface area contributed by atoms with Crippen LogP contribution in [0.1, 0.15) is 35.0 Å². The summed E-state index contributed by atoms with van der Waals surface area (Å²) >= 11 is 7.61. The van der Waals surface area contributed by atoms with Gasteiger partial charge in [-0.25, -0.2) is 9.97 Å². The number of imidazole rings is 1. The molecule has 1 N–H and O–H groups in total. The Morgan fingerprint density at radius 3 is 3.03 bits per heavy atom. The molecule has 1 spiro atoms. The van der Waals surface area contributed by atoms with Crippen molar-refractivity contribution in [3.63, 3.8) is 0 Å². The lowest BCUT2D eigenvalue weighted by Crippen LogP contribution is -2.41. The van der Waals surface area contributed by atoms with E-state index in [1.807, 2.05) is 30.3 Å². The van der Waals surface area contributed by atoms with Crippen LogP contribution < -0.4 is 5.32 Å². The Hall–Kier alpha value is -2.94. The van der Waals surface area contributed by atoms with E-state index < -0.39 is 0 Å². The molecule has 34 heavy (non-hydrogen) atoms. The minimum absolute atomic E-state index is 0.189. The zero-order valence-electron chi connectivity index (χ0n) is 18.5. The molecule has 7 nitrogen and oxygen atoms in total. The number of halogens is 1. The Morgan fingerprint density at radius 1 is 1.35 bits per heavy atom. The third kappa shape index (κ3) is 3.76. The van der Waals surface area contributed by atoms with Crippen LogP contribution in [0, 0.1) is 5.41 Å². The molecule has 0 unspecified atom stereocenters. The second-order valence-corrected chi connectivity index (χ2v) is 10.8. The lowest BCUT2D eigenvalue weighted by atomic mass is 9.65. The summed E-state index contributed by atoms with van der Waals surface area (Å²) in [5.41, 5.74) is 2.13. The highest BCUT2D eigenvalue weighted by atomic mass is 35.5. The summed E-state index contributed by atoms with van der Waals surface area (Å²) in [5, 5.41) is 3.69. The molecular formula is C25H24ClN5O2S. The number of hydrogen-bond acceptors (Lipinski definition) is 6. The Balaban J connectivity index is 1.27. The molecule has 1 aliphatic heterocycles. The van der Waals surface area contributed by atoms with Gasteiger partial charge in [0.05, 0.1) is 27.0 Å². The summed E-state index contributed by atoms with van der Waals surface area (Å²) in [6.07, 6.45) is 8.36.